The quantitative estimate of drug-likeness (QED) is 0.586. The second-order valence-corrected chi connectivity index (χ2v) is 4.09. The van der Waals surface area contributed by atoms with Crippen LogP contribution >= 0.6 is 0 Å². The van der Waals surface area contributed by atoms with Crippen LogP contribution in [-0.4, -0.2) is 25.2 Å². The van der Waals surface area contributed by atoms with Crippen LogP contribution in [0.2, 0.25) is 0 Å². The molecule has 0 aromatic rings. The Hall–Kier alpha value is -1.90. The molecule has 0 aromatic heterocycles. The lowest BCUT2D eigenvalue weighted by Gasteiger charge is -2.26. The standard InChI is InChI=1S/C10H7F5N2O2/c1-19-7(18)5(2-16)6(3-17)8(10(13,14)15)4-9(8,11)12/h5-6H,4H2,1H3. The van der Waals surface area contributed by atoms with E-state index in [0.29, 0.717) is 0 Å². The van der Waals surface area contributed by atoms with Crippen molar-refractivity contribution < 1.29 is 31.5 Å². The molecular formula is C10H7F5N2O2. The summed E-state index contributed by atoms with van der Waals surface area (Å²) in [4.78, 5) is 11.1. The van der Waals surface area contributed by atoms with Crippen LogP contribution in [0, 0.1) is 39.9 Å². The van der Waals surface area contributed by atoms with Crippen molar-refractivity contribution in [2.45, 2.75) is 18.5 Å². The Morgan fingerprint density at radius 1 is 1.32 bits per heavy atom. The van der Waals surface area contributed by atoms with Crippen molar-refractivity contribution >= 4 is 5.97 Å². The first-order chi connectivity index (χ1) is 8.59. The zero-order chi connectivity index (χ0) is 15.1. The third kappa shape index (κ3) is 1.99. The van der Waals surface area contributed by atoms with Gasteiger partial charge in [-0.3, -0.25) is 4.79 Å². The van der Waals surface area contributed by atoms with Gasteiger partial charge in [0.2, 0.25) is 0 Å². The fourth-order valence-electron chi connectivity index (χ4n) is 1.99. The normalized spacial score (nSPS) is 27.6. The van der Waals surface area contributed by atoms with Crippen LogP contribution in [0.3, 0.4) is 0 Å². The average molecular weight is 282 g/mol. The molecule has 4 nitrogen and oxygen atoms in total. The van der Waals surface area contributed by atoms with Gasteiger partial charge in [0.15, 0.2) is 11.3 Å². The number of nitrogens with zero attached hydrogens (tertiary/aromatic N) is 2. The number of nitriles is 2. The van der Waals surface area contributed by atoms with E-state index in [1.807, 2.05) is 0 Å². The van der Waals surface area contributed by atoms with Crippen molar-refractivity contribution in [2.75, 3.05) is 7.11 Å². The van der Waals surface area contributed by atoms with Gasteiger partial charge in [0, 0.05) is 6.42 Å². The molecule has 3 unspecified atom stereocenters. The highest BCUT2D eigenvalue weighted by atomic mass is 19.4. The van der Waals surface area contributed by atoms with Crippen LogP contribution in [0.1, 0.15) is 6.42 Å². The summed E-state index contributed by atoms with van der Waals surface area (Å²) < 4.78 is 68.7. The summed E-state index contributed by atoms with van der Waals surface area (Å²) >= 11 is 0. The van der Waals surface area contributed by atoms with Gasteiger partial charge in [-0.1, -0.05) is 0 Å². The number of esters is 1. The highest BCUT2D eigenvalue weighted by molar-refractivity contribution is 5.76. The van der Waals surface area contributed by atoms with Gasteiger partial charge in [-0.15, -0.1) is 0 Å². The van der Waals surface area contributed by atoms with Crippen LogP contribution in [0.25, 0.3) is 0 Å². The smallest absolute Gasteiger partial charge is 0.401 e. The number of hydrogen-bond acceptors (Lipinski definition) is 4. The first-order valence-electron chi connectivity index (χ1n) is 4.90. The van der Waals surface area contributed by atoms with Gasteiger partial charge in [0.05, 0.1) is 25.2 Å². The van der Waals surface area contributed by atoms with Gasteiger partial charge < -0.3 is 4.74 Å². The van der Waals surface area contributed by atoms with E-state index < -0.39 is 41.7 Å². The molecule has 3 atom stereocenters. The number of methoxy groups -OCH3 is 1. The molecule has 0 spiro atoms. The maximum absolute atomic E-state index is 13.1. The van der Waals surface area contributed by atoms with E-state index in [9.17, 15) is 26.7 Å². The monoisotopic (exact) mass is 282 g/mol. The van der Waals surface area contributed by atoms with Crippen molar-refractivity contribution in [3.8, 4) is 12.1 Å². The number of ether oxygens (including phenoxy) is 1. The third-order valence-corrected chi connectivity index (χ3v) is 3.13. The van der Waals surface area contributed by atoms with Gasteiger partial charge in [-0.2, -0.15) is 23.7 Å². The summed E-state index contributed by atoms with van der Waals surface area (Å²) in [6.07, 6.45) is -7.02. The highest BCUT2D eigenvalue weighted by Gasteiger charge is 2.87. The molecule has 0 bridgehead atoms. The minimum atomic E-state index is -5.40. The van der Waals surface area contributed by atoms with Crippen LogP contribution < -0.4 is 0 Å². The Balaban J connectivity index is 3.28. The van der Waals surface area contributed by atoms with Crippen LogP contribution in [0.15, 0.2) is 0 Å². The average Bonchev–Trinajstić information content (AvgIpc) is 2.89. The molecule has 0 N–H and O–H groups in total. The van der Waals surface area contributed by atoms with Gasteiger partial charge in [-0.25, -0.2) is 8.78 Å². The number of carbonyl (C=O) groups excluding carboxylic acids is 1. The Morgan fingerprint density at radius 3 is 2.00 bits per heavy atom. The first kappa shape index (κ1) is 15.2. The van der Waals surface area contributed by atoms with Crippen molar-refractivity contribution in [1.29, 1.82) is 10.5 Å². The second-order valence-electron chi connectivity index (χ2n) is 4.09. The summed E-state index contributed by atoms with van der Waals surface area (Å²) in [5.74, 6) is -10.3. The molecule has 0 heterocycles. The van der Waals surface area contributed by atoms with Gasteiger partial charge in [-0.05, 0) is 0 Å². The Kier molecular flexibility index (Phi) is 3.46. The summed E-state index contributed by atoms with van der Waals surface area (Å²) in [7, 11) is 0.784. The molecule has 1 saturated carbocycles. The predicted octanol–water partition coefficient (Wildman–Crippen LogP) is 2.03. The van der Waals surface area contributed by atoms with Gasteiger partial charge in [0.1, 0.15) is 0 Å². The van der Waals surface area contributed by atoms with E-state index >= 15 is 0 Å². The maximum Gasteiger partial charge on any atom is 0.401 e. The minimum Gasteiger partial charge on any atom is -0.468 e. The molecule has 0 saturated heterocycles. The van der Waals surface area contributed by atoms with Crippen molar-refractivity contribution in [3.63, 3.8) is 0 Å². The SMILES string of the molecule is COC(=O)C(C#N)C(C#N)C1(C(F)(F)F)CC1(F)F. The lowest BCUT2D eigenvalue weighted by Crippen LogP contribution is -2.42. The van der Waals surface area contributed by atoms with Gasteiger partial charge >= 0.3 is 12.1 Å². The Morgan fingerprint density at radius 2 is 1.79 bits per heavy atom. The molecule has 0 radical (unpaired) electrons. The zero-order valence-corrected chi connectivity index (χ0v) is 9.46. The highest BCUT2D eigenvalue weighted by Crippen LogP contribution is 2.72. The van der Waals surface area contributed by atoms with Crippen molar-refractivity contribution in [3.05, 3.63) is 0 Å². The molecule has 1 fully saturated rings. The number of hydrogen-bond donors (Lipinski definition) is 0. The molecule has 0 amide bonds. The van der Waals surface area contributed by atoms with Crippen LogP contribution in [0.4, 0.5) is 22.0 Å². The topological polar surface area (TPSA) is 73.9 Å². The molecule has 1 rings (SSSR count). The molecule has 1 aliphatic rings. The van der Waals surface area contributed by atoms with E-state index in [0.717, 1.165) is 19.2 Å². The van der Waals surface area contributed by atoms with E-state index in [-0.39, 0.29) is 0 Å². The lowest BCUT2D eigenvalue weighted by atomic mass is 9.79. The number of halogens is 5. The number of rotatable bonds is 3. The minimum absolute atomic E-state index is 0.784. The second kappa shape index (κ2) is 4.34. The summed E-state index contributed by atoms with van der Waals surface area (Å²) in [5.41, 5.74) is -3.66. The van der Waals surface area contributed by atoms with E-state index in [1.165, 1.54) is 0 Å². The zero-order valence-electron chi connectivity index (χ0n) is 9.46. The Labute approximate surface area is 104 Å². The molecule has 9 heteroatoms. The van der Waals surface area contributed by atoms with Gasteiger partial charge in [0.25, 0.3) is 5.92 Å². The van der Waals surface area contributed by atoms with Crippen molar-refractivity contribution in [1.82, 2.24) is 0 Å². The van der Waals surface area contributed by atoms with E-state index in [2.05, 4.69) is 4.74 Å². The van der Waals surface area contributed by atoms with Crippen LogP contribution in [0.5, 0.6) is 0 Å². The molecule has 19 heavy (non-hydrogen) atoms. The predicted molar refractivity (Wildman–Crippen MR) is 48.3 cm³/mol. The molecule has 1 aliphatic carbocycles. The number of alkyl halides is 5. The lowest BCUT2D eigenvalue weighted by molar-refractivity contribution is -0.226. The maximum atomic E-state index is 13.1. The van der Waals surface area contributed by atoms with E-state index in [1.54, 1.807) is 0 Å². The third-order valence-electron chi connectivity index (χ3n) is 3.13. The van der Waals surface area contributed by atoms with E-state index in [4.69, 9.17) is 10.5 Å². The molecule has 104 valence electrons. The fourth-order valence-corrected chi connectivity index (χ4v) is 1.99. The molecular weight excluding hydrogens is 275 g/mol. The molecule has 0 aliphatic heterocycles. The largest absolute Gasteiger partial charge is 0.468 e. The summed E-state index contributed by atoms with van der Waals surface area (Å²) in [6.45, 7) is 0. The number of carbonyl (C=O) groups is 1. The summed E-state index contributed by atoms with van der Waals surface area (Å²) in [6, 6.07) is 2.14. The Bertz CT molecular complexity index is 476. The fraction of sp³-hybridized carbons (Fsp3) is 0.700. The van der Waals surface area contributed by atoms with Crippen molar-refractivity contribution in [2.24, 2.45) is 17.3 Å². The molecule has 0 aromatic carbocycles. The summed E-state index contributed by atoms with van der Waals surface area (Å²) in [5, 5.41) is 17.3. The van der Waals surface area contributed by atoms with Crippen LogP contribution in [-0.2, 0) is 9.53 Å². The first-order valence-corrected chi connectivity index (χ1v) is 4.90.